The number of esters is 1. The lowest BCUT2D eigenvalue weighted by molar-refractivity contribution is 0.0527. The standard InChI is InChI=1S/C17H24N2O4/c1-5-22-17(21)16-11(2)19(4)15-7-6-13(8-14(15)16)23-10-12(20)9-18-3/h6-8,12,18,20H,5,9-10H2,1-4H3/t12-/m1/s1. The third-order valence-electron chi connectivity index (χ3n) is 3.83. The molecule has 6 heteroatoms. The van der Waals surface area contributed by atoms with Crippen LogP contribution < -0.4 is 10.1 Å². The minimum atomic E-state index is -0.585. The van der Waals surface area contributed by atoms with Crippen LogP contribution in [0.4, 0.5) is 0 Å². The number of carbonyl (C=O) groups is 1. The number of rotatable bonds is 7. The highest BCUT2D eigenvalue weighted by molar-refractivity contribution is 6.06. The number of ether oxygens (including phenoxy) is 2. The van der Waals surface area contributed by atoms with Crippen molar-refractivity contribution in [1.29, 1.82) is 0 Å². The number of aromatic nitrogens is 1. The van der Waals surface area contributed by atoms with Crippen LogP contribution in [0.3, 0.4) is 0 Å². The molecule has 0 fully saturated rings. The van der Waals surface area contributed by atoms with E-state index in [0.717, 1.165) is 16.6 Å². The topological polar surface area (TPSA) is 72.7 Å². The second-order valence-electron chi connectivity index (χ2n) is 5.44. The van der Waals surface area contributed by atoms with E-state index in [1.54, 1.807) is 14.0 Å². The van der Waals surface area contributed by atoms with Gasteiger partial charge in [-0.2, -0.15) is 0 Å². The number of nitrogens with zero attached hydrogens (tertiary/aromatic N) is 1. The van der Waals surface area contributed by atoms with Crippen molar-refractivity contribution in [3.05, 3.63) is 29.5 Å². The molecule has 6 nitrogen and oxygen atoms in total. The van der Waals surface area contributed by atoms with Crippen LogP contribution in [0.15, 0.2) is 18.2 Å². The molecule has 2 aromatic rings. The molecule has 0 unspecified atom stereocenters. The Labute approximate surface area is 136 Å². The summed E-state index contributed by atoms with van der Waals surface area (Å²) in [7, 11) is 3.69. The molecule has 1 atom stereocenters. The SMILES string of the molecule is CCOC(=O)c1c(C)n(C)c2ccc(OC[C@H](O)CNC)cc12. The summed E-state index contributed by atoms with van der Waals surface area (Å²) in [4.78, 5) is 12.2. The second-order valence-corrected chi connectivity index (χ2v) is 5.44. The van der Waals surface area contributed by atoms with E-state index >= 15 is 0 Å². The molecular weight excluding hydrogens is 296 g/mol. The number of hydrogen-bond acceptors (Lipinski definition) is 5. The number of aliphatic hydroxyl groups is 1. The molecule has 0 saturated carbocycles. The van der Waals surface area contributed by atoms with Crippen LogP contribution in [0.25, 0.3) is 10.9 Å². The molecule has 0 aliphatic carbocycles. The third kappa shape index (κ3) is 3.65. The van der Waals surface area contributed by atoms with E-state index in [4.69, 9.17) is 9.47 Å². The Kier molecular flexibility index (Phi) is 5.63. The predicted molar refractivity (Wildman–Crippen MR) is 89.0 cm³/mol. The Morgan fingerprint density at radius 1 is 1.43 bits per heavy atom. The van der Waals surface area contributed by atoms with Crippen molar-refractivity contribution in [2.45, 2.75) is 20.0 Å². The highest BCUT2D eigenvalue weighted by Gasteiger charge is 2.20. The molecule has 0 bridgehead atoms. The van der Waals surface area contributed by atoms with Crippen LogP contribution in [0.5, 0.6) is 5.75 Å². The number of fused-ring (bicyclic) bond motifs is 1. The molecule has 1 aromatic carbocycles. The van der Waals surface area contributed by atoms with Crippen LogP contribution in [-0.4, -0.2) is 48.6 Å². The minimum Gasteiger partial charge on any atom is -0.491 e. The summed E-state index contributed by atoms with van der Waals surface area (Å²) in [5.74, 6) is 0.284. The molecule has 0 spiro atoms. The van der Waals surface area contributed by atoms with E-state index in [-0.39, 0.29) is 12.6 Å². The van der Waals surface area contributed by atoms with Crippen LogP contribution in [0.1, 0.15) is 23.0 Å². The Balaban J connectivity index is 2.33. The smallest absolute Gasteiger partial charge is 0.340 e. The average molecular weight is 320 g/mol. The molecule has 0 aliphatic heterocycles. The molecule has 1 heterocycles. The number of aryl methyl sites for hydroxylation is 1. The van der Waals surface area contributed by atoms with Gasteiger partial charge in [-0.3, -0.25) is 0 Å². The molecule has 0 aliphatic rings. The van der Waals surface area contributed by atoms with Gasteiger partial charge in [-0.1, -0.05) is 0 Å². The molecule has 0 amide bonds. The van der Waals surface area contributed by atoms with Crippen molar-refractivity contribution >= 4 is 16.9 Å². The number of likely N-dealkylation sites (N-methyl/N-ethyl adjacent to an activating group) is 1. The quantitative estimate of drug-likeness (QED) is 0.759. The molecule has 0 radical (unpaired) electrons. The zero-order valence-electron chi connectivity index (χ0n) is 14.0. The van der Waals surface area contributed by atoms with Crippen molar-refractivity contribution < 1.29 is 19.4 Å². The predicted octanol–water partition coefficient (Wildman–Crippen LogP) is 1.62. The molecule has 2 N–H and O–H groups in total. The van der Waals surface area contributed by atoms with Crippen molar-refractivity contribution in [2.24, 2.45) is 7.05 Å². The van der Waals surface area contributed by atoms with Gasteiger partial charge in [-0.05, 0) is 39.1 Å². The Morgan fingerprint density at radius 3 is 2.83 bits per heavy atom. The Morgan fingerprint density at radius 2 is 2.17 bits per heavy atom. The fourth-order valence-electron chi connectivity index (χ4n) is 2.59. The fourth-order valence-corrected chi connectivity index (χ4v) is 2.59. The number of nitrogens with one attached hydrogen (secondary N) is 1. The first kappa shape index (κ1) is 17.3. The van der Waals surface area contributed by atoms with Crippen LogP contribution in [-0.2, 0) is 11.8 Å². The summed E-state index contributed by atoms with van der Waals surface area (Å²) in [5.41, 5.74) is 2.35. The van der Waals surface area contributed by atoms with E-state index in [0.29, 0.717) is 24.5 Å². The van der Waals surface area contributed by atoms with Crippen molar-refractivity contribution in [1.82, 2.24) is 9.88 Å². The number of aliphatic hydroxyl groups excluding tert-OH is 1. The Bertz CT molecular complexity index is 693. The first-order chi connectivity index (χ1) is 11.0. The minimum absolute atomic E-state index is 0.187. The van der Waals surface area contributed by atoms with Gasteiger partial charge in [0.25, 0.3) is 0 Å². The van der Waals surface area contributed by atoms with E-state index < -0.39 is 6.10 Å². The second kappa shape index (κ2) is 7.48. The van der Waals surface area contributed by atoms with Gasteiger partial charge in [0.15, 0.2) is 0 Å². The summed E-state index contributed by atoms with van der Waals surface area (Å²) in [5, 5.41) is 13.4. The lowest BCUT2D eigenvalue weighted by Gasteiger charge is -2.12. The van der Waals surface area contributed by atoms with Gasteiger partial charge in [-0.25, -0.2) is 4.79 Å². The summed E-state index contributed by atoms with van der Waals surface area (Å²) < 4.78 is 12.7. The van der Waals surface area contributed by atoms with Gasteiger partial charge in [-0.15, -0.1) is 0 Å². The molecule has 1 aromatic heterocycles. The fraction of sp³-hybridized carbons (Fsp3) is 0.471. The van der Waals surface area contributed by atoms with Gasteiger partial charge >= 0.3 is 5.97 Å². The van der Waals surface area contributed by atoms with E-state index in [2.05, 4.69) is 5.32 Å². The molecule has 2 rings (SSSR count). The van der Waals surface area contributed by atoms with Gasteiger partial charge in [0.2, 0.25) is 0 Å². The Hall–Kier alpha value is -2.05. The van der Waals surface area contributed by atoms with Crippen LogP contribution >= 0.6 is 0 Å². The zero-order chi connectivity index (χ0) is 17.0. The molecular formula is C17H24N2O4. The van der Waals surface area contributed by atoms with Crippen molar-refractivity contribution in [2.75, 3.05) is 26.8 Å². The largest absolute Gasteiger partial charge is 0.491 e. The average Bonchev–Trinajstić information content (AvgIpc) is 2.77. The molecule has 23 heavy (non-hydrogen) atoms. The van der Waals surface area contributed by atoms with Gasteiger partial charge in [0.1, 0.15) is 18.5 Å². The number of hydrogen-bond donors (Lipinski definition) is 2. The lowest BCUT2D eigenvalue weighted by atomic mass is 10.1. The van der Waals surface area contributed by atoms with Gasteiger partial charge in [0, 0.05) is 30.2 Å². The summed E-state index contributed by atoms with van der Waals surface area (Å²) in [6, 6.07) is 5.56. The summed E-state index contributed by atoms with van der Waals surface area (Å²) in [6.45, 7) is 4.66. The highest BCUT2D eigenvalue weighted by Crippen LogP contribution is 2.29. The van der Waals surface area contributed by atoms with Crippen LogP contribution in [0.2, 0.25) is 0 Å². The normalized spacial score (nSPS) is 12.4. The van der Waals surface area contributed by atoms with Crippen molar-refractivity contribution in [3.63, 3.8) is 0 Å². The van der Waals surface area contributed by atoms with E-state index in [1.807, 2.05) is 36.7 Å². The highest BCUT2D eigenvalue weighted by atomic mass is 16.5. The maximum atomic E-state index is 12.2. The summed E-state index contributed by atoms with van der Waals surface area (Å²) in [6.07, 6.45) is -0.585. The monoisotopic (exact) mass is 320 g/mol. The first-order valence-electron chi connectivity index (χ1n) is 7.71. The first-order valence-corrected chi connectivity index (χ1v) is 7.71. The number of benzene rings is 1. The van der Waals surface area contributed by atoms with Crippen LogP contribution in [0, 0.1) is 6.92 Å². The lowest BCUT2D eigenvalue weighted by Crippen LogP contribution is -2.29. The van der Waals surface area contributed by atoms with E-state index in [9.17, 15) is 9.90 Å². The molecule has 0 saturated heterocycles. The van der Waals surface area contributed by atoms with Gasteiger partial charge in [0.05, 0.1) is 12.2 Å². The van der Waals surface area contributed by atoms with Gasteiger partial charge < -0.3 is 24.5 Å². The molecule has 126 valence electrons. The maximum absolute atomic E-state index is 12.2. The van der Waals surface area contributed by atoms with Crippen molar-refractivity contribution in [3.8, 4) is 5.75 Å². The summed E-state index contributed by atoms with van der Waals surface area (Å²) >= 11 is 0. The maximum Gasteiger partial charge on any atom is 0.340 e. The van der Waals surface area contributed by atoms with E-state index in [1.165, 1.54) is 0 Å². The number of carbonyl (C=O) groups excluding carboxylic acids is 1. The zero-order valence-corrected chi connectivity index (χ0v) is 14.0. The third-order valence-corrected chi connectivity index (χ3v) is 3.83.